The summed E-state index contributed by atoms with van der Waals surface area (Å²) in [5, 5.41) is 34.0. The van der Waals surface area contributed by atoms with E-state index in [9.17, 15) is 10.2 Å². The Kier molecular flexibility index (Phi) is 3.46. The molecular weight excluding hydrogens is 240 g/mol. The maximum Gasteiger partial charge on any atom is 0.200 e. The molecule has 0 aliphatic heterocycles. The van der Waals surface area contributed by atoms with Gasteiger partial charge >= 0.3 is 0 Å². The molecule has 0 radical (unpaired) electrons. The third kappa shape index (κ3) is 2.66. The number of benzene rings is 1. The molecule has 6 heteroatoms. The van der Waals surface area contributed by atoms with E-state index in [1.165, 1.54) is 6.07 Å². The Morgan fingerprint density at radius 3 is 2.65 bits per heavy atom. The molecule has 5 nitrogen and oxygen atoms in total. The zero-order chi connectivity index (χ0) is 12.3. The van der Waals surface area contributed by atoms with Crippen LogP contribution in [-0.4, -0.2) is 20.3 Å². The second-order valence-corrected chi connectivity index (χ2v) is 4.45. The zero-order valence-corrected chi connectivity index (χ0v) is 9.74. The third-order valence-corrected chi connectivity index (χ3v) is 3.07. The summed E-state index contributed by atoms with van der Waals surface area (Å²) in [6.07, 6.45) is 1.73. The lowest BCUT2D eigenvalue weighted by molar-refractivity contribution is 0.364. The van der Waals surface area contributed by atoms with Crippen LogP contribution in [0.15, 0.2) is 23.7 Å². The second kappa shape index (κ2) is 5.03. The molecule has 4 N–H and O–H groups in total. The van der Waals surface area contributed by atoms with E-state index < -0.39 is 5.75 Å². The fourth-order valence-electron chi connectivity index (χ4n) is 1.40. The minimum atomic E-state index is -0.487. The van der Waals surface area contributed by atoms with Gasteiger partial charge in [0.05, 0.1) is 0 Å². The van der Waals surface area contributed by atoms with E-state index in [2.05, 4.69) is 10.3 Å². The molecule has 2 rings (SSSR count). The zero-order valence-electron chi connectivity index (χ0n) is 8.92. The van der Waals surface area contributed by atoms with Crippen molar-refractivity contribution >= 4 is 11.3 Å². The van der Waals surface area contributed by atoms with Crippen LogP contribution in [0.2, 0.25) is 0 Å². The quantitative estimate of drug-likeness (QED) is 0.620. The van der Waals surface area contributed by atoms with Crippen molar-refractivity contribution in [2.24, 2.45) is 0 Å². The standard InChI is InChI=1S/C11H12N2O3S/c14-8-2-1-7(10(15)11(8)16)5-12-6-9-13-3-4-17-9/h1-4,12,14-16H,5-6H2. The van der Waals surface area contributed by atoms with Crippen LogP contribution in [0.3, 0.4) is 0 Å². The van der Waals surface area contributed by atoms with Crippen LogP contribution in [0.5, 0.6) is 17.2 Å². The number of rotatable bonds is 4. The van der Waals surface area contributed by atoms with Crippen molar-refractivity contribution in [2.75, 3.05) is 0 Å². The molecule has 90 valence electrons. The Morgan fingerprint density at radius 1 is 1.12 bits per heavy atom. The van der Waals surface area contributed by atoms with E-state index in [-0.39, 0.29) is 11.5 Å². The Hall–Kier alpha value is -1.79. The Labute approximate surface area is 102 Å². The summed E-state index contributed by atoms with van der Waals surface area (Å²) in [7, 11) is 0. The highest BCUT2D eigenvalue weighted by atomic mass is 32.1. The van der Waals surface area contributed by atoms with Crippen LogP contribution >= 0.6 is 11.3 Å². The van der Waals surface area contributed by atoms with Gasteiger partial charge in [-0.15, -0.1) is 11.3 Å². The lowest BCUT2D eigenvalue weighted by Gasteiger charge is -2.08. The van der Waals surface area contributed by atoms with E-state index in [4.69, 9.17) is 5.11 Å². The van der Waals surface area contributed by atoms with Gasteiger partial charge in [0.25, 0.3) is 0 Å². The van der Waals surface area contributed by atoms with Crippen molar-refractivity contribution in [1.82, 2.24) is 10.3 Å². The second-order valence-electron chi connectivity index (χ2n) is 3.47. The van der Waals surface area contributed by atoms with Gasteiger partial charge in [-0.1, -0.05) is 6.07 Å². The number of thiazole rings is 1. The molecule has 0 spiro atoms. The van der Waals surface area contributed by atoms with Crippen LogP contribution < -0.4 is 5.32 Å². The van der Waals surface area contributed by atoms with Crippen molar-refractivity contribution < 1.29 is 15.3 Å². The number of phenolic OH excluding ortho intramolecular Hbond substituents is 3. The minimum absolute atomic E-state index is 0.295. The van der Waals surface area contributed by atoms with Gasteiger partial charge in [0.1, 0.15) is 5.01 Å². The van der Waals surface area contributed by atoms with E-state index in [0.717, 1.165) is 5.01 Å². The molecule has 2 aromatic rings. The number of aromatic hydroxyl groups is 3. The average molecular weight is 252 g/mol. The number of nitrogens with zero attached hydrogens (tertiary/aromatic N) is 1. The van der Waals surface area contributed by atoms with Gasteiger partial charge in [0, 0.05) is 30.2 Å². The van der Waals surface area contributed by atoms with Crippen LogP contribution in [0.25, 0.3) is 0 Å². The molecule has 0 bridgehead atoms. The van der Waals surface area contributed by atoms with Gasteiger partial charge < -0.3 is 20.6 Å². The molecule has 0 saturated heterocycles. The molecule has 1 heterocycles. The normalized spacial score (nSPS) is 10.6. The van der Waals surface area contributed by atoms with Gasteiger partial charge in [0.2, 0.25) is 5.75 Å². The summed E-state index contributed by atoms with van der Waals surface area (Å²) in [4.78, 5) is 4.11. The smallest absolute Gasteiger partial charge is 0.200 e. The highest BCUT2D eigenvalue weighted by Crippen LogP contribution is 2.36. The van der Waals surface area contributed by atoms with Crippen LogP contribution in [-0.2, 0) is 13.1 Å². The van der Waals surface area contributed by atoms with Gasteiger partial charge in [-0.05, 0) is 6.07 Å². The topological polar surface area (TPSA) is 85.6 Å². The van der Waals surface area contributed by atoms with Crippen molar-refractivity contribution in [3.05, 3.63) is 34.3 Å². The van der Waals surface area contributed by atoms with E-state index in [1.807, 2.05) is 5.38 Å². The molecule has 1 aromatic heterocycles. The Bertz CT molecular complexity index is 500. The SMILES string of the molecule is Oc1ccc(CNCc2nccs2)c(O)c1O. The molecular formula is C11H12N2O3S. The number of nitrogens with one attached hydrogen (secondary N) is 1. The number of phenols is 3. The molecule has 0 aliphatic carbocycles. The van der Waals surface area contributed by atoms with Crippen molar-refractivity contribution in [2.45, 2.75) is 13.1 Å². The fraction of sp³-hybridized carbons (Fsp3) is 0.182. The summed E-state index contributed by atoms with van der Waals surface area (Å²) < 4.78 is 0. The number of hydrogen-bond donors (Lipinski definition) is 4. The molecule has 0 amide bonds. The van der Waals surface area contributed by atoms with E-state index in [1.54, 1.807) is 23.6 Å². The van der Waals surface area contributed by atoms with Crippen molar-refractivity contribution in [3.8, 4) is 17.2 Å². The first-order chi connectivity index (χ1) is 8.18. The number of hydrogen-bond acceptors (Lipinski definition) is 6. The highest BCUT2D eigenvalue weighted by Gasteiger charge is 2.10. The average Bonchev–Trinajstić information content (AvgIpc) is 2.82. The molecule has 0 atom stereocenters. The fourth-order valence-corrected chi connectivity index (χ4v) is 1.98. The predicted octanol–water partition coefficient (Wildman–Crippen LogP) is 1.55. The van der Waals surface area contributed by atoms with E-state index >= 15 is 0 Å². The van der Waals surface area contributed by atoms with Crippen molar-refractivity contribution in [3.63, 3.8) is 0 Å². The molecule has 0 saturated carbocycles. The lowest BCUT2D eigenvalue weighted by atomic mass is 10.1. The Balaban J connectivity index is 1.97. The minimum Gasteiger partial charge on any atom is -0.504 e. The molecule has 0 unspecified atom stereocenters. The maximum absolute atomic E-state index is 9.57. The van der Waals surface area contributed by atoms with Gasteiger partial charge in [-0.3, -0.25) is 0 Å². The predicted molar refractivity (Wildman–Crippen MR) is 64.1 cm³/mol. The largest absolute Gasteiger partial charge is 0.504 e. The maximum atomic E-state index is 9.57. The summed E-state index contributed by atoms with van der Waals surface area (Å²) in [6.45, 7) is 0.984. The first kappa shape index (κ1) is 11.7. The van der Waals surface area contributed by atoms with Gasteiger partial charge in [-0.25, -0.2) is 4.98 Å². The first-order valence-electron chi connectivity index (χ1n) is 5.00. The summed E-state index contributed by atoms with van der Waals surface area (Å²) in [5.41, 5.74) is 0.525. The molecule has 17 heavy (non-hydrogen) atoms. The highest BCUT2D eigenvalue weighted by molar-refractivity contribution is 7.09. The van der Waals surface area contributed by atoms with Gasteiger partial charge in [0.15, 0.2) is 11.5 Å². The van der Waals surface area contributed by atoms with Crippen LogP contribution in [0.1, 0.15) is 10.6 Å². The van der Waals surface area contributed by atoms with Crippen molar-refractivity contribution in [1.29, 1.82) is 0 Å². The molecule has 0 fully saturated rings. The van der Waals surface area contributed by atoms with Gasteiger partial charge in [-0.2, -0.15) is 0 Å². The molecule has 1 aromatic carbocycles. The van der Waals surface area contributed by atoms with Crippen LogP contribution in [0, 0.1) is 0 Å². The van der Waals surface area contributed by atoms with Crippen LogP contribution in [0.4, 0.5) is 0 Å². The van der Waals surface area contributed by atoms with E-state index in [0.29, 0.717) is 18.7 Å². The summed E-state index contributed by atoms with van der Waals surface area (Å²) in [5.74, 6) is -1.11. The third-order valence-electron chi connectivity index (χ3n) is 2.29. The summed E-state index contributed by atoms with van der Waals surface area (Å²) >= 11 is 1.54. The first-order valence-corrected chi connectivity index (χ1v) is 5.88. The summed E-state index contributed by atoms with van der Waals surface area (Å²) in [6, 6.07) is 2.90. The lowest BCUT2D eigenvalue weighted by Crippen LogP contribution is -2.12. The molecule has 0 aliphatic rings. The Morgan fingerprint density at radius 2 is 1.94 bits per heavy atom. The monoisotopic (exact) mass is 252 g/mol. The number of aromatic nitrogens is 1.